The Balaban J connectivity index is 2.94. The van der Waals surface area contributed by atoms with Crippen LogP contribution in [0.2, 0.25) is 5.32 Å². The minimum atomic E-state index is -1.14. The summed E-state index contributed by atoms with van der Waals surface area (Å²) >= 11 is -0.0502. The number of hydrogen-bond donors (Lipinski definition) is 2. The van der Waals surface area contributed by atoms with Crippen molar-refractivity contribution < 1.29 is 42.9 Å². The number of carbonyl (C=O) groups is 5. The summed E-state index contributed by atoms with van der Waals surface area (Å²) in [4.78, 5) is 63.7. The van der Waals surface area contributed by atoms with E-state index in [4.69, 9.17) is 18.9 Å². The van der Waals surface area contributed by atoms with E-state index < -0.39 is 52.8 Å². The van der Waals surface area contributed by atoms with Crippen molar-refractivity contribution in [3.63, 3.8) is 0 Å². The van der Waals surface area contributed by atoms with Gasteiger partial charge in [0.15, 0.2) is 0 Å². The molecule has 0 spiro atoms. The third-order valence-electron chi connectivity index (χ3n) is 5.47. The molecule has 0 aliphatic heterocycles. The SMILES string of the molecule is COc1ccc(C[Se]CC(NC(=O)CCC(NC(=O)OC(C)(C)C)C(=O)OC(C)(C)C)C(=O)CCC(=O)OC(C)(C)C)cc1. The fourth-order valence-corrected chi connectivity index (χ4v) is 5.84. The Morgan fingerprint density at radius 2 is 1.30 bits per heavy atom. The van der Waals surface area contributed by atoms with Gasteiger partial charge in [-0.15, -0.1) is 0 Å². The number of methoxy groups -OCH3 is 1. The van der Waals surface area contributed by atoms with Crippen LogP contribution in [0, 0.1) is 0 Å². The summed E-state index contributed by atoms with van der Waals surface area (Å²) in [6.45, 7) is 15.4. The van der Waals surface area contributed by atoms with Gasteiger partial charge in [0.05, 0.1) is 0 Å². The molecule has 2 N–H and O–H groups in total. The summed E-state index contributed by atoms with van der Waals surface area (Å²) in [5.41, 5.74) is -1.20. The molecular weight excluding hydrogens is 635 g/mol. The number of nitrogens with one attached hydrogen (secondary N) is 2. The third kappa shape index (κ3) is 17.9. The molecule has 2 amide bonds. The zero-order valence-corrected chi connectivity index (χ0v) is 29.5. The molecular formula is C32H50N2O9Se. The van der Waals surface area contributed by atoms with E-state index in [0.717, 1.165) is 16.6 Å². The number of ether oxygens (including phenoxy) is 4. The molecule has 1 aromatic carbocycles. The van der Waals surface area contributed by atoms with Crippen LogP contribution < -0.4 is 15.4 Å². The van der Waals surface area contributed by atoms with Gasteiger partial charge in [-0.05, 0) is 0 Å². The quantitative estimate of drug-likeness (QED) is 0.155. The van der Waals surface area contributed by atoms with Gasteiger partial charge < -0.3 is 0 Å². The molecule has 12 heteroatoms. The topological polar surface area (TPSA) is 146 Å². The first-order valence-electron chi connectivity index (χ1n) is 14.6. The van der Waals surface area contributed by atoms with Gasteiger partial charge in [-0.25, -0.2) is 0 Å². The van der Waals surface area contributed by atoms with Gasteiger partial charge in [-0.1, -0.05) is 0 Å². The van der Waals surface area contributed by atoms with Crippen molar-refractivity contribution in [3.8, 4) is 5.75 Å². The molecule has 0 saturated carbocycles. The van der Waals surface area contributed by atoms with E-state index in [1.54, 1.807) is 69.4 Å². The van der Waals surface area contributed by atoms with E-state index in [0.29, 0.717) is 5.32 Å². The van der Waals surface area contributed by atoms with Crippen LogP contribution in [0.5, 0.6) is 5.75 Å². The van der Waals surface area contributed by atoms with E-state index in [2.05, 4.69) is 10.6 Å². The van der Waals surface area contributed by atoms with Crippen molar-refractivity contribution in [2.45, 2.75) is 128 Å². The average Bonchev–Trinajstić information content (AvgIpc) is 2.86. The molecule has 2 atom stereocenters. The summed E-state index contributed by atoms with van der Waals surface area (Å²) in [6.07, 6.45) is -1.24. The molecule has 0 aliphatic rings. The molecule has 2 unspecified atom stereocenters. The van der Waals surface area contributed by atoms with Crippen LogP contribution in [0.25, 0.3) is 0 Å². The molecule has 0 aliphatic carbocycles. The summed E-state index contributed by atoms with van der Waals surface area (Å²) in [5.74, 6) is -1.21. The Morgan fingerprint density at radius 1 is 0.727 bits per heavy atom. The molecule has 11 nitrogen and oxygen atoms in total. The molecule has 0 bridgehead atoms. The van der Waals surface area contributed by atoms with Gasteiger partial charge >= 0.3 is 268 Å². The first-order valence-corrected chi connectivity index (χ1v) is 17.1. The Bertz CT molecular complexity index is 1120. The number of ketones is 1. The Labute approximate surface area is 268 Å². The molecule has 1 aromatic rings. The predicted octanol–water partition coefficient (Wildman–Crippen LogP) is 4.51. The summed E-state index contributed by atoms with van der Waals surface area (Å²) in [6, 6.07) is 5.67. The number of Topliss-reactive ketones (excluding diaryl/α,β-unsaturated/α-hetero) is 1. The second kappa shape index (κ2) is 17.4. The molecule has 0 aromatic heterocycles. The molecule has 0 fully saturated rings. The van der Waals surface area contributed by atoms with Crippen molar-refractivity contribution in [1.82, 2.24) is 10.6 Å². The number of amides is 2. The number of alkyl carbamates (subject to hydrolysis) is 1. The number of rotatable bonds is 15. The molecule has 44 heavy (non-hydrogen) atoms. The Kier molecular flexibility index (Phi) is 15.4. The second-order valence-corrected chi connectivity index (χ2v) is 15.5. The predicted molar refractivity (Wildman–Crippen MR) is 168 cm³/mol. The van der Waals surface area contributed by atoms with Crippen LogP contribution in [0.15, 0.2) is 24.3 Å². The Morgan fingerprint density at radius 3 is 1.82 bits per heavy atom. The van der Waals surface area contributed by atoms with Gasteiger partial charge in [0.1, 0.15) is 0 Å². The van der Waals surface area contributed by atoms with Crippen molar-refractivity contribution in [1.29, 1.82) is 0 Å². The van der Waals surface area contributed by atoms with Crippen LogP contribution >= 0.6 is 0 Å². The Hall–Kier alpha value is -3.11. The van der Waals surface area contributed by atoms with E-state index in [-0.39, 0.29) is 46.4 Å². The van der Waals surface area contributed by atoms with Crippen LogP contribution in [-0.4, -0.2) is 80.7 Å². The average molecular weight is 686 g/mol. The fraction of sp³-hybridized carbons (Fsp3) is 0.656. The standard InChI is InChI=1S/C32H50N2O9Se/c1-30(2,3)41-27(37)18-16-25(35)24(20-44-19-21-11-13-22(40-10)14-12-21)33-26(36)17-15-23(28(38)42-31(4,5)6)34-29(39)43-32(7,8)9/h11-14,23-24H,15-20H2,1-10H3,(H,33,36)(H,34,39). The third-order valence-corrected chi connectivity index (χ3v) is 7.80. The number of esters is 2. The van der Waals surface area contributed by atoms with Crippen molar-refractivity contribution in [2.75, 3.05) is 7.11 Å². The summed E-state index contributed by atoms with van der Waals surface area (Å²) in [5, 5.41) is 6.42. The van der Waals surface area contributed by atoms with Gasteiger partial charge in [0.2, 0.25) is 0 Å². The van der Waals surface area contributed by atoms with Gasteiger partial charge in [-0.3, -0.25) is 0 Å². The normalized spacial score (nSPS) is 13.2. The van der Waals surface area contributed by atoms with Crippen LogP contribution in [0.1, 0.15) is 93.6 Å². The van der Waals surface area contributed by atoms with Crippen LogP contribution in [0.4, 0.5) is 4.79 Å². The van der Waals surface area contributed by atoms with E-state index in [1.807, 2.05) is 24.3 Å². The summed E-state index contributed by atoms with van der Waals surface area (Å²) in [7, 11) is 1.60. The van der Waals surface area contributed by atoms with Crippen molar-refractivity contribution in [2.24, 2.45) is 0 Å². The molecule has 0 radical (unpaired) electrons. The minimum absolute atomic E-state index is 0.0502. The molecule has 1 rings (SSSR count). The number of hydrogen-bond acceptors (Lipinski definition) is 9. The maximum absolute atomic E-state index is 13.2. The van der Waals surface area contributed by atoms with E-state index >= 15 is 0 Å². The number of carbonyl (C=O) groups excluding carboxylic acids is 5. The molecule has 0 heterocycles. The van der Waals surface area contributed by atoms with Crippen LogP contribution in [0.3, 0.4) is 0 Å². The van der Waals surface area contributed by atoms with Gasteiger partial charge in [-0.2, -0.15) is 0 Å². The van der Waals surface area contributed by atoms with E-state index in [1.165, 1.54) is 0 Å². The first-order chi connectivity index (χ1) is 20.2. The summed E-state index contributed by atoms with van der Waals surface area (Å²) < 4.78 is 21.2. The monoisotopic (exact) mass is 686 g/mol. The van der Waals surface area contributed by atoms with Gasteiger partial charge in [0, 0.05) is 0 Å². The zero-order chi connectivity index (χ0) is 33.7. The maximum atomic E-state index is 13.2. The van der Waals surface area contributed by atoms with Gasteiger partial charge in [0.25, 0.3) is 0 Å². The molecule has 0 saturated heterocycles. The molecule has 248 valence electrons. The first kappa shape index (κ1) is 38.9. The zero-order valence-electron chi connectivity index (χ0n) is 27.8. The number of benzene rings is 1. The second-order valence-electron chi connectivity index (χ2n) is 13.3. The fourth-order valence-electron chi connectivity index (χ4n) is 3.64. The van der Waals surface area contributed by atoms with Crippen LogP contribution in [-0.2, 0) is 38.7 Å². The van der Waals surface area contributed by atoms with E-state index in [9.17, 15) is 24.0 Å². The van der Waals surface area contributed by atoms with Crippen molar-refractivity contribution >= 4 is 44.7 Å². The van der Waals surface area contributed by atoms with Crippen molar-refractivity contribution in [3.05, 3.63) is 29.8 Å².